The summed E-state index contributed by atoms with van der Waals surface area (Å²) in [6.07, 6.45) is 2.08. The molecule has 0 fully saturated rings. The van der Waals surface area contributed by atoms with E-state index in [0.29, 0.717) is 0 Å². The zero-order chi connectivity index (χ0) is 13.5. The van der Waals surface area contributed by atoms with Crippen LogP contribution >= 0.6 is 11.3 Å². The van der Waals surface area contributed by atoms with Gasteiger partial charge in [-0.3, -0.25) is 4.40 Å². The van der Waals surface area contributed by atoms with Gasteiger partial charge in [-0.2, -0.15) is 0 Å². The van der Waals surface area contributed by atoms with Crippen molar-refractivity contribution in [3.63, 3.8) is 0 Å². The molecule has 0 atom stereocenters. The molecule has 0 amide bonds. The number of ether oxygens (including phenoxy) is 1. The largest absolute Gasteiger partial charge is 0.495 e. The lowest BCUT2D eigenvalue weighted by molar-refractivity contribution is 0.418. The van der Waals surface area contributed by atoms with Crippen molar-refractivity contribution in [1.82, 2.24) is 9.38 Å². The summed E-state index contributed by atoms with van der Waals surface area (Å²) in [7, 11) is 1.70. The van der Waals surface area contributed by atoms with Crippen LogP contribution in [0.5, 0.6) is 5.75 Å². The number of methoxy groups -OCH3 is 1. The molecule has 0 radical (unpaired) electrons. The van der Waals surface area contributed by atoms with Crippen LogP contribution in [0.15, 0.2) is 54.7 Å². The molecule has 0 saturated heterocycles. The summed E-state index contributed by atoms with van der Waals surface area (Å²) in [5, 5.41) is 0. The topological polar surface area (TPSA) is 26.5 Å². The van der Waals surface area contributed by atoms with Gasteiger partial charge < -0.3 is 4.74 Å². The maximum Gasteiger partial charge on any atom is 0.195 e. The highest BCUT2D eigenvalue weighted by molar-refractivity contribution is 7.23. The Morgan fingerprint density at radius 1 is 1.05 bits per heavy atom. The fourth-order valence-corrected chi connectivity index (χ4v) is 3.45. The van der Waals surface area contributed by atoms with Crippen molar-refractivity contribution in [2.75, 3.05) is 7.11 Å². The average molecular weight is 280 g/mol. The summed E-state index contributed by atoms with van der Waals surface area (Å²) in [4.78, 5) is 5.71. The first kappa shape index (κ1) is 11.5. The Bertz CT molecular complexity index is 893. The van der Waals surface area contributed by atoms with Gasteiger partial charge in [-0.25, -0.2) is 4.98 Å². The average Bonchev–Trinajstić information content (AvgIpc) is 3.05. The number of hydrogen-bond donors (Lipinski definition) is 0. The molecule has 98 valence electrons. The Morgan fingerprint density at radius 2 is 1.90 bits per heavy atom. The Kier molecular flexibility index (Phi) is 2.50. The molecule has 0 bridgehead atoms. The van der Waals surface area contributed by atoms with Crippen molar-refractivity contribution in [2.24, 2.45) is 0 Å². The molecule has 20 heavy (non-hydrogen) atoms. The maximum atomic E-state index is 5.47. The van der Waals surface area contributed by atoms with Crippen molar-refractivity contribution < 1.29 is 4.74 Å². The van der Waals surface area contributed by atoms with Gasteiger partial charge in [0.2, 0.25) is 0 Å². The van der Waals surface area contributed by atoms with Crippen LogP contribution in [0, 0.1) is 0 Å². The monoisotopic (exact) mass is 280 g/mol. The highest BCUT2D eigenvalue weighted by Gasteiger charge is 2.13. The van der Waals surface area contributed by atoms with E-state index in [1.807, 2.05) is 30.3 Å². The Hall–Kier alpha value is -2.33. The second-order valence-electron chi connectivity index (χ2n) is 4.55. The number of fused-ring (bicyclic) bond motifs is 3. The predicted molar refractivity (Wildman–Crippen MR) is 82.6 cm³/mol. The maximum absolute atomic E-state index is 5.47. The highest BCUT2D eigenvalue weighted by atomic mass is 32.1. The van der Waals surface area contributed by atoms with Crippen LogP contribution in [0.1, 0.15) is 0 Å². The minimum absolute atomic E-state index is 0.880. The number of nitrogens with zero attached hydrogens (tertiary/aromatic N) is 2. The van der Waals surface area contributed by atoms with Crippen LogP contribution in [-0.4, -0.2) is 16.5 Å². The lowest BCUT2D eigenvalue weighted by atomic mass is 10.2. The lowest BCUT2D eigenvalue weighted by Gasteiger charge is -2.01. The lowest BCUT2D eigenvalue weighted by Crippen LogP contribution is -1.86. The van der Waals surface area contributed by atoms with Crippen molar-refractivity contribution in [1.29, 1.82) is 0 Å². The van der Waals surface area contributed by atoms with Crippen LogP contribution < -0.4 is 4.74 Å². The third kappa shape index (κ3) is 1.62. The first-order valence-electron chi connectivity index (χ1n) is 6.37. The molecular formula is C16H12N2OS. The molecule has 0 aliphatic rings. The molecule has 0 N–H and O–H groups in total. The van der Waals surface area contributed by atoms with E-state index in [1.54, 1.807) is 18.4 Å². The Labute approximate surface area is 120 Å². The molecule has 0 aliphatic carbocycles. The molecule has 0 aliphatic heterocycles. The molecule has 2 aromatic carbocycles. The molecule has 2 heterocycles. The molecule has 4 aromatic rings. The molecule has 0 saturated carbocycles. The van der Waals surface area contributed by atoms with Gasteiger partial charge in [0.15, 0.2) is 4.96 Å². The van der Waals surface area contributed by atoms with Gasteiger partial charge in [-0.1, -0.05) is 47.7 Å². The Balaban J connectivity index is 2.01. The van der Waals surface area contributed by atoms with Gasteiger partial charge in [0.1, 0.15) is 11.3 Å². The smallest absolute Gasteiger partial charge is 0.195 e. The number of para-hydroxylation sites is 1. The summed E-state index contributed by atoms with van der Waals surface area (Å²) < 4.78 is 8.77. The third-order valence-corrected chi connectivity index (χ3v) is 4.39. The normalized spacial score (nSPS) is 11.2. The van der Waals surface area contributed by atoms with Crippen molar-refractivity contribution in [2.45, 2.75) is 0 Å². The number of rotatable bonds is 2. The zero-order valence-electron chi connectivity index (χ0n) is 10.9. The second kappa shape index (κ2) is 4.35. The second-order valence-corrected chi connectivity index (χ2v) is 5.56. The van der Waals surface area contributed by atoms with Gasteiger partial charge in [0.25, 0.3) is 0 Å². The van der Waals surface area contributed by atoms with Gasteiger partial charge in [-0.05, 0) is 12.1 Å². The molecule has 3 nitrogen and oxygen atoms in total. The van der Waals surface area contributed by atoms with Crippen LogP contribution in [0.4, 0.5) is 0 Å². The predicted octanol–water partition coefficient (Wildman–Crippen LogP) is 4.22. The summed E-state index contributed by atoms with van der Waals surface area (Å²) in [5.41, 5.74) is 3.21. The van der Waals surface area contributed by atoms with E-state index in [4.69, 9.17) is 9.72 Å². The van der Waals surface area contributed by atoms with Gasteiger partial charge in [0.05, 0.1) is 17.5 Å². The summed E-state index contributed by atoms with van der Waals surface area (Å²) in [6, 6.07) is 16.3. The standard InChI is InChI=1S/C16H12N2OS/c1-19-13-8-5-9-14-15(13)18-10-12(17-16(18)20-14)11-6-3-2-4-7-11/h2-10H,1H3. The molecule has 0 unspecified atom stereocenters. The van der Waals surface area contributed by atoms with E-state index < -0.39 is 0 Å². The van der Waals surface area contributed by atoms with Crippen LogP contribution in [0.2, 0.25) is 0 Å². The van der Waals surface area contributed by atoms with Crippen LogP contribution in [-0.2, 0) is 0 Å². The number of hydrogen-bond acceptors (Lipinski definition) is 3. The third-order valence-electron chi connectivity index (χ3n) is 3.37. The summed E-state index contributed by atoms with van der Waals surface area (Å²) in [6.45, 7) is 0. The summed E-state index contributed by atoms with van der Waals surface area (Å²) in [5.74, 6) is 0.880. The highest BCUT2D eigenvalue weighted by Crippen LogP contribution is 2.34. The van der Waals surface area contributed by atoms with Gasteiger partial charge in [-0.15, -0.1) is 0 Å². The Morgan fingerprint density at radius 3 is 2.70 bits per heavy atom. The van der Waals surface area contributed by atoms with Crippen molar-refractivity contribution in [3.8, 4) is 17.0 Å². The minimum Gasteiger partial charge on any atom is -0.495 e. The molecule has 4 heteroatoms. The number of imidazole rings is 1. The first-order chi connectivity index (χ1) is 9.86. The fraction of sp³-hybridized carbons (Fsp3) is 0.0625. The van der Waals surface area contributed by atoms with Crippen molar-refractivity contribution in [3.05, 3.63) is 54.7 Å². The molecular weight excluding hydrogens is 268 g/mol. The summed E-state index contributed by atoms with van der Waals surface area (Å²) >= 11 is 1.68. The minimum atomic E-state index is 0.880. The first-order valence-corrected chi connectivity index (χ1v) is 7.18. The van der Waals surface area contributed by atoms with Crippen LogP contribution in [0.3, 0.4) is 0 Å². The SMILES string of the molecule is COc1cccc2sc3nc(-c4ccccc4)cn3c12. The van der Waals surface area contributed by atoms with Gasteiger partial charge in [0, 0.05) is 11.8 Å². The molecule has 2 aromatic heterocycles. The van der Waals surface area contributed by atoms with E-state index in [1.165, 1.54) is 4.70 Å². The number of benzene rings is 2. The number of aromatic nitrogens is 2. The fourth-order valence-electron chi connectivity index (χ4n) is 2.43. The molecule has 4 rings (SSSR count). The number of thiazole rings is 1. The van der Waals surface area contributed by atoms with E-state index in [2.05, 4.69) is 28.8 Å². The quantitative estimate of drug-likeness (QED) is 0.549. The van der Waals surface area contributed by atoms with E-state index in [0.717, 1.165) is 27.5 Å². The van der Waals surface area contributed by atoms with E-state index in [9.17, 15) is 0 Å². The van der Waals surface area contributed by atoms with Crippen LogP contribution in [0.25, 0.3) is 26.4 Å². The van der Waals surface area contributed by atoms with E-state index >= 15 is 0 Å². The van der Waals surface area contributed by atoms with Crippen molar-refractivity contribution >= 4 is 26.5 Å². The van der Waals surface area contributed by atoms with E-state index in [-0.39, 0.29) is 0 Å². The molecule has 0 spiro atoms. The van der Waals surface area contributed by atoms with Gasteiger partial charge >= 0.3 is 0 Å². The zero-order valence-corrected chi connectivity index (χ0v) is 11.7.